The summed E-state index contributed by atoms with van der Waals surface area (Å²) in [6, 6.07) is 7.67. The number of aromatic nitrogens is 2. The summed E-state index contributed by atoms with van der Waals surface area (Å²) in [4.78, 5) is 35.3. The van der Waals surface area contributed by atoms with E-state index >= 15 is 0 Å². The molecule has 0 spiro atoms. The van der Waals surface area contributed by atoms with Gasteiger partial charge in [-0.05, 0) is 31.7 Å². The number of carbonyl (C=O) groups is 1. The number of nitrogens with one attached hydrogen (secondary N) is 1. The van der Waals surface area contributed by atoms with Crippen molar-refractivity contribution in [2.24, 2.45) is 0 Å². The Labute approximate surface area is 182 Å². The lowest BCUT2D eigenvalue weighted by Crippen LogP contribution is -2.42. The monoisotopic (exact) mass is 444 g/mol. The number of likely N-dealkylation sites (tertiary alicyclic amines) is 1. The summed E-state index contributed by atoms with van der Waals surface area (Å²) in [6.07, 6.45) is 4.49. The predicted molar refractivity (Wildman–Crippen MR) is 117 cm³/mol. The van der Waals surface area contributed by atoms with Gasteiger partial charge in [-0.1, -0.05) is 29.8 Å². The molecular weight excluding hydrogens is 416 g/mol. The largest absolute Gasteiger partial charge is 0.332 e. The standard InChI is InChI=1S/C22H28N4O4S/c1-15-6-8-16(9-7-15)13-20(27)26-11-4-3-5-19(26)21-23-18-10-12-25(31(2,29)30)14-17(18)22(28)24-21/h6-9,19H,3-5,10-14H2,1-2H3,(H,23,24,28). The number of hydrogen-bond donors (Lipinski definition) is 1. The molecular formula is C22H28N4O4S. The molecule has 1 amide bonds. The summed E-state index contributed by atoms with van der Waals surface area (Å²) in [5, 5.41) is 0. The average Bonchev–Trinajstić information content (AvgIpc) is 2.74. The molecule has 4 rings (SSSR count). The highest BCUT2D eigenvalue weighted by Gasteiger charge is 2.32. The normalized spacial score (nSPS) is 19.8. The Morgan fingerprint density at radius 2 is 1.94 bits per heavy atom. The molecule has 2 aliphatic rings. The molecule has 0 radical (unpaired) electrons. The van der Waals surface area contributed by atoms with E-state index in [-0.39, 0.29) is 24.1 Å². The first kappa shape index (κ1) is 21.7. The maximum absolute atomic E-state index is 13.1. The van der Waals surface area contributed by atoms with Crippen LogP contribution in [0.5, 0.6) is 0 Å². The van der Waals surface area contributed by atoms with Crippen LogP contribution >= 0.6 is 0 Å². The van der Waals surface area contributed by atoms with Crippen LogP contribution < -0.4 is 5.56 Å². The van der Waals surface area contributed by atoms with Gasteiger partial charge in [-0.2, -0.15) is 4.31 Å². The molecule has 1 aromatic heterocycles. The summed E-state index contributed by atoms with van der Waals surface area (Å²) >= 11 is 0. The Hall–Kier alpha value is -2.52. The van der Waals surface area contributed by atoms with Crippen LogP contribution in [0, 0.1) is 6.92 Å². The molecule has 1 atom stereocenters. The number of carbonyl (C=O) groups excluding carboxylic acids is 1. The van der Waals surface area contributed by atoms with E-state index in [1.54, 1.807) is 0 Å². The summed E-state index contributed by atoms with van der Waals surface area (Å²) in [7, 11) is -3.37. The van der Waals surface area contributed by atoms with Gasteiger partial charge in [0.1, 0.15) is 5.82 Å². The number of rotatable bonds is 4. The van der Waals surface area contributed by atoms with Crippen molar-refractivity contribution in [1.82, 2.24) is 19.2 Å². The first-order valence-corrected chi connectivity index (χ1v) is 12.5. The SMILES string of the molecule is Cc1ccc(CC(=O)N2CCCCC2c2nc3c(c(=O)[nH]2)CN(S(C)(=O)=O)CC3)cc1. The molecule has 1 saturated heterocycles. The third-order valence-corrected chi connectivity index (χ3v) is 7.39. The molecule has 8 nitrogen and oxygen atoms in total. The third-order valence-electron chi connectivity index (χ3n) is 6.14. The van der Waals surface area contributed by atoms with E-state index in [4.69, 9.17) is 4.98 Å². The van der Waals surface area contributed by atoms with Gasteiger partial charge in [0.15, 0.2) is 0 Å². The van der Waals surface area contributed by atoms with E-state index in [1.165, 1.54) is 4.31 Å². The van der Waals surface area contributed by atoms with Crippen LogP contribution in [0.3, 0.4) is 0 Å². The molecule has 2 aliphatic heterocycles. The van der Waals surface area contributed by atoms with E-state index in [2.05, 4.69) is 4.98 Å². The second-order valence-corrected chi connectivity index (χ2v) is 10.5. The van der Waals surface area contributed by atoms with Gasteiger partial charge in [0.05, 0.1) is 30.0 Å². The Morgan fingerprint density at radius 1 is 1.19 bits per heavy atom. The number of fused-ring (bicyclic) bond motifs is 1. The van der Waals surface area contributed by atoms with E-state index < -0.39 is 10.0 Å². The zero-order valence-electron chi connectivity index (χ0n) is 17.9. The minimum absolute atomic E-state index is 0.0252. The van der Waals surface area contributed by atoms with Gasteiger partial charge in [-0.15, -0.1) is 0 Å². The molecule has 1 N–H and O–H groups in total. The number of piperidine rings is 1. The van der Waals surface area contributed by atoms with E-state index in [0.29, 0.717) is 43.0 Å². The van der Waals surface area contributed by atoms with Crippen LogP contribution in [-0.2, 0) is 34.2 Å². The van der Waals surface area contributed by atoms with Crippen LogP contribution in [0.15, 0.2) is 29.1 Å². The molecule has 0 bridgehead atoms. The maximum atomic E-state index is 13.1. The predicted octanol–water partition coefficient (Wildman–Crippen LogP) is 1.69. The lowest BCUT2D eigenvalue weighted by atomic mass is 9.99. The quantitative estimate of drug-likeness (QED) is 0.773. The summed E-state index contributed by atoms with van der Waals surface area (Å²) in [6.45, 7) is 3.00. The van der Waals surface area contributed by atoms with Crippen molar-refractivity contribution >= 4 is 15.9 Å². The molecule has 1 aromatic carbocycles. The number of aryl methyl sites for hydroxylation is 1. The average molecular weight is 445 g/mol. The highest BCUT2D eigenvalue weighted by atomic mass is 32.2. The van der Waals surface area contributed by atoms with Crippen molar-refractivity contribution in [2.75, 3.05) is 19.3 Å². The second kappa shape index (κ2) is 8.55. The number of H-pyrrole nitrogens is 1. The van der Waals surface area contributed by atoms with E-state index in [0.717, 1.165) is 36.6 Å². The van der Waals surface area contributed by atoms with Gasteiger partial charge < -0.3 is 9.88 Å². The van der Waals surface area contributed by atoms with Gasteiger partial charge in [-0.3, -0.25) is 9.59 Å². The fraction of sp³-hybridized carbons (Fsp3) is 0.500. The summed E-state index contributed by atoms with van der Waals surface area (Å²) in [5.74, 6) is 0.533. The molecule has 0 saturated carbocycles. The van der Waals surface area contributed by atoms with Crippen molar-refractivity contribution in [3.05, 3.63) is 62.8 Å². The highest BCUT2D eigenvalue weighted by Crippen LogP contribution is 2.30. The summed E-state index contributed by atoms with van der Waals surface area (Å²) in [5.41, 5.74) is 2.83. The third kappa shape index (κ3) is 4.72. The first-order chi connectivity index (χ1) is 14.7. The van der Waals surface area contributed by atoms with Gasteiger partial charge in [0.25, 0.3) is 5.56 Å². The lowest BCUT2D eigenvalue weighted by molar-refractivity contribution is -0.134. The van der Waals surface area contributed by atoms with Crippen LogP contribution in [0.4, 0.5) is 0 Å². The van der Waals surface area contributed by atoms with Crippen LogP contribution in [-0.4, -0.2) is 52.8 Å². The van der Waals surface area contributed by atoms with Crippen molar-refractivity contribution in [2.45, 2.75) is 51.6 Å². The first-order valence-electron chi connectivity index (χ1n) is 10.6. The molecule has 9 heteroatoms. The number of aromatic amines is 1. The van der Waals surface area contributed by atoms with Gasteiger partial charge in [0, 0.05) is 26.1 Å². The second-order valence-electron chi connectivity index (χ2n) is 8.48. The molecule has 2 aromatic rings. The molecule has 31 heavy (non-hydrogen) atoms. The van der Waals surface area contributed by atoms with Crippen molar-refractivity contribution in [3.8, 4) is 0 Å². The van der Waals surface area contributed by atoms with Crippen molar-refractivity contribution in [1.29, 1.82) is 0 Å². The molecule has 166 valence electrons. The van der Waals surface area contributed by atoms with Crippen molar-refractivity contribution in [3.63, 3.8) is 0 Å². The Kier molecular flexibility index (Phi) is 5.98. The molecule has 1 unspecified atom stereocenters. The van der Waals surface area contributed by atoms with Gasteiger partial charge in [0.2, 0.25) is 15.9 Å². The zero-order valence-corrected chi connectivity index (χ0v) is 18.7. The number of hydrogen-bond acceptors (Lipinski definition) is 5. The number of amides is 1. The number of sulfonamides is 1. The lowest BCUT2D eigenvalue weighted by Gasteiger charge is -2.36. The molecule has 3 heterocycles. The number of benzene rings is 1. The Balaban J connectivity index is 1.58. The van der Waals surface area contributed by atoms with Crippen LogP contribution in [0.25, 0.3) is 0 Å². The van der Waals surface area contributed by atoms with Gasteiger partial charge in [-0.25, -0.2) is 13.4 Å². The van der Waals surface area contributed by atoms with Crippen LogP contribution in [0.1, 0.15) is 53.5 Å². The summed E-state index contributed by atoms with van der Waals surface area (Å²) < 4.78 is 25.0. The van der Waals surface area contributed by atoms with E-state index in [9.17, 15) is 18.0 Å². The fourth-order valence-electron chi connectivity index (χ4n) is 4.36. The minimum atomic E-state index is -3.37. The smallest absolute Gasteiger partial charge is 0.255 e. The maximum Gasteiger partial charge on any atom is 0.255 e. The Bertz CT molecular complexity index is 1140. The topological polar surface area (TPSA) is 103 Å². The van der Waals surface area contributed by atoms with Crippen molar-refractivity contribution < 1.29 is 13.2 Å². The van der Waals surface area contributed by atoms with E-state index in [1.807, 2.05) is 36.1 Å². The molecule has 1 fully saturated rings. The minimum Gasteiger partial charge on any atom is -0.332 e. The highest BCUT2D eigenvalue weighted by molar-refractivity contribution is 7.88. The zero-order chi connectivity index (χ0) is 22.2. The Morgan fingerprint density at radius 3 is 2.65 bits per heavy atom. The van der Waals surface area contributed by atoms with Crippen LogP contribution in [0.2, 0.25) is 0 Å². The number of nitrogens with zero attached hydrogens (tertiary/aromatic N) is 3. The fourth-order valence-corrected chi connectivity index (χ4v) is 5.14. The molecule has 0 aliphatic carbocycles. The van der Waals surface area contributed by atoms with Gasteiger partial charge >= 0.3 is 0 Å².